The topological polar surface area (TPSA) is 117 Å². The van der Waals surface area contributed by atoms with Gasteiger partial charge in [0.15, 0.2) is 0 Å². The molecule has 98 valence electrons. The third-order valence-corrected chi connectivity index (χ3v) is 2.31. The zero-order valence-electron chi connectivity index (χ0n) is 9.61. The number of hydrogen-bond acceptors (Lipinski definition) is 6. The van der Waals surface area contributed by atoms with Gasteiger partial charge in [-0.05, 0) is 6.07 Å². The lowest BCUT2D eigenvalue weighted by molar-refractivity contribution is -0.144. The number of aliphatic hydroxyl groups excluding tert-OH is 2. The summed E-state index contributed by atoms with van der Waals surface area (Å²) in [5.74, 6) is -1.84. The van der Waals surface area contributed by atoms with Crippen LogP contribution in [0.5, 0.6) is 0 Å². The number of carbonyl (C=O) groups excluding carboxylic acids is 1. The van der Waals surface area contributed by atoms with Gasteiger partial charge in [0, 0.05) is 11.8 Å². The van der Waals surface area contributed by atoms with Crippen LogP contribution < -0.4 is 0 Å². The number of esters is 1. The Labute approximate surface area is 103 Å². The second-order valence-corrected chi connectivity index (χ2v) is 3.57. The molecule has 0 aromatic carbocycles. The third kappa shape index (κ3) is 3.51. The van der Waals surface area contributed by atoms with Crippen molar-refractivity contribution >= 4 is 11.9 Å². The van der Waals surface area contributed by atoms with Gasteiger partial charge in [-0.15, -0.1) is 0 Å². The highest BCUT2D eigenvalue weighted by Gasteiger charge is 2.22. The van der Waals surface area contributed by atoms with Gasteiger partial charge in [0.2, 0.25) is 0 Å². The van der Waals surface area contributed by atoms with Crippen LogP contribution in [-0.2, 0) is 9.53 Å². The van der Waals surface area contributed by atoms with Crippen LogP contribution in [0.2, 0.25) is 0 Å². The van der Waals surface area contributed by atoms with E-state index in [0.717, 1.165) is 6.20 Å². The predicted molar refractivity (Wildman–Crippen MR) is 58.8 cm³/mol. The Kier molecular flexibility index (Phi) is 4.75. The van der Waals surface area contributed by atoms with Gasteiger partial charge in [-0.1, -0.05) is 6.07 Å². The van der Waals surface area contributed by atoms with E-state index in [4.69, 9.17) is 5.11 Å². The lowest BCUT2D eigenvalue weighted by Crippen LogP contribution is -2.22. The number of pyridine rings is 1. The van der Waals surface area contributed by atoms with Gasteiger partial charge in [-0.25, -0.2) is 9.78 Å². The predicted octanol–water partition coefficient (Wildman–Crippen LogP) is -0.263. The first-order chi connectivity index (χ1) is 8.45. The lowest BCUT2D eigenvalue weighted by atomic mass is 10.0. The number of aliphatic hydroxyl groups is 2. The summed E-state index contributed by atoms with van der Waals surface area (Å²) in [5, 5.41) is 27.9. The molecule has 0 spiro atoms. The Balaban J connectivity index is 2.74. The minimum atomic E-state index is -1.34. The average molecular weight is 255 g/mol. The molecule has 1 aromatic rings. The highest BCUT2D eigenvalue weighted by molar-refractivity contribution is 5.85. The van der Waals surface area contributed by atoms with Crippen LogP contribution in [0, 0.1) is 0 Å². The molecule has 0 radical (unpaired) electrons. The van der Waals surface area contributed by atoms with Crippen LogP contribution in [0.3, 0.4) is 0 Å². The quantitative estimate of drug-likeness (QED) is 0.620. The van der Waals surface area contributed by atoms with Crippen molar-refractivity contribution in [3.8, 4) is 0 Å². The fourth-order valence-corrected chi connectivity index (χ4v) is 1.29. The molecule has 0 saturated heterocycles. The molecule has 2 unspecified atom stereocenters. The number of carboxylic acid groups (broad SMARTS) is 1. The van der Waals surface area contributed by atoms with Gasteiger partial charge in [0.05, 0.1) is 19.6 Å². The molecule has 0 bridgehead atoms. The maximum atomic E-state index is 10.9. The molecule has 7 nitrogen and oxygen atoms in total. The van der Waals surface area contributed by atoms with E-state index in [0.29, 0.717) is 0 Å². The van der Waals surface area contributed by atoms with Crippen LogP contribution in [-0.4, -0.2) is 45.5 Å². The van der Waals surface area contributed by atoms with Crippen molar-refractivity contribution in [2.24, 2.45) is 0 Å². The number of aromatic nitrogens is 1. The molecular weight excluding hydrogens is 242 g/mol. The summed E-state index contributed by atoms with van der Waals surface area (Å²) in [6.45, 7) is 0. The van der Waals surface area contributed by atoms with Crippen LogP contribution in [0.15, 0.2) is 18.3 Å². The minimum Gasteiger partial charge on any atom is -0.477 e. The number of aromatic carboxylic acids is 1. The number of rotatable bonds is 5. The smallest absolute Gasteiger partial charge is 0.354 e. The summed E-state index contributed by atoms with van der Waals surface area (Å²) < 4.78 is 4.35. The fourth-order valence-electron chi connectivity index (χ4n) is 1.29. The molecule has 1 heterocycles. The van der Waals surface area contributed by atoms with Crippen LogP contribution in [0.4, 0.5) is 0 Å². The van der Waals surface area contributed by atoms with Crippen molar-refractivity contribution in [1.82, 2.24) is 4.98 Å². The molecule has 0 saturated carbocycles. The summed E-state index contributed by atoms with van der Waals surface area (Å²) >= 11 is 0. The van der Waals surface area contributed by atoms with E-state index in [1.807, 2.05) is 0 Å². The van der Waals surface area contributed by atoms with Gasteiger partial charge in [0.25, 0.3) is 0 Å². The molecule has 0 aliphatic carbocycles. The largest absolute Gasteiger partial charge is 0.477 e. The third-order valence-electron chi connectivity index (χ3n) is 2.31. The molecule has 1 aromatic heterocycles. The van der Waals surface area contributed by atoms with Crippen molar-refractivity contribution < 1.29 is 29.6 Å². The van der Waals surface area contributed by atoms with Crippen LogP contribution >= 0.6 is 0 Å². The number of carboxylic acids is 1. The zero-order valence-corrected chi connectivity index (χ0v) is 9.61. The van der Waals surface area contributed by atoms with Gasteiger partial charge in [-0.2, -0.15) is 0 Å². The van der Waals surface area contributed by atoms with E-state index < -0.39 is 24.1 Å². The standard InChI is InChI=1S/C11H13NO6/c1-18-9(14)4-8(13)10(15)6-2-3-7(11(16)17)12-5-6/h2-3,5,8,10,13,15H,4H2,1H3,(H,16,17). The van der Waals surface area contributed by atoms with E-state index in [9.17, 15) is 19.8 Å². The first kappa shape index (κ1) is 14.1. The van der Waals surface area contributed by atoms with Gasteiger partial charge in [0.1, 0.15) is 11.8 Å². The molecule has 2 atom stereocenters. The van der Waals surface area contributed by atoms with Crippen molar-refractivity contribution in [2.45, 2.75) is 18.6 Å². The second kappa shape index (κ2) is 6.08. The molecule has 18 heavy (non-hydrogen) atoms. The molecular formula is C11H13NO6. The molecule has 0 fully saturated rings. The van der Waals surface area contributed by atoms with Crippen molar-refractivity contribution in [3.05, 3.63) is 29.6 Å². The Hall–Kier alpha value is -1.99. The first-order valence-electron chi connectivity index (χ1n) is 5.08. The lowest BCUT2D eigenvalue weighted by Gasteiger charge is -2.16. The summed E-state index contributed by atoms with van der Waals surface area (Å²) in [7, 11) is 1.17. The van der Waals surface area contributed by atoms with Crippen LogP contribution in [0.25, 0.3) is 0 Å². The zero-order chi connectivity index (χ0) is 13.7. The van der Waals surface area contributed by atoms with E-state index in [2.05, 4.69) is 9.72 Å². The highest BCUT2D eigenvalue weighted by Crippen LogP contribution is 2.18. The van der Waals surface area contributed by atoms with E-state index in [-0.39, 0.29) is 17.7 Å². The van der Waals surface area contributed by atoms with Gasteiger partial charge >= 0.3 is 11.9 Å². The Bertz CT molecular complexity index is 430. The van der Waals surface area contributed by atoms with Gasteiger partial charge in [-0.3, -0.25) is 4.79 Å². The average Bonchev–Trinajstić information content (AvgIpc) is 2.37. The van der Waals surface area contributed by atoms with E-state index in [1.54, 1.807) is 0 Å². The summed E-state index contributed by atoms with van der Waals surface area (Å²) in [6, 6.07) is 2.52. The number of nitrogens with zero attached hydrogens (tertiary/aromatic N) is 1. The summed E-state index contributed by atoms with van der Waals surface area (Å²) in [4.78, 5) is 25.1. The highest BCUT2D eigenvalue weighted by atomic mass is 16.5. The number of methoxy groups -OCH3 is 1. The molecule has 0 aliphatic heterocycles. The molecule has 0 amide bonds. The monoisotopic (exact) mass is 255 g/mol. The Morgan fingerprint density at radius 3 is 2.50 bits per heavy atom. The van der Waals surface area contributed by atoms with E-state index in [1.165, 1.54) is 19.2 Å². The fraction of sp³-hybridized carbons (Fsp3) is 0.364. The maximum absolute atomic E-state index is 10.9. The Morgan fingerprint density at radius 1 is 1.39 bits per heavy atom. The molecule has 0 aliphatic rings. The molecule has 7 heteroatoms. The van der Waals surface area contributed by atoms with E-state index >= 15 is 0 Å². The molecule has 1 rings (SSSR count). The minimum absolute atomic E-state index is 0.173. The van der Waals surface area contributed by atoms with Crippen molar-refractivity contribution in [3.63, 3.8) is 0 Å². The van der Waals surface area contributed by atoms with Crippen molar-refractivity contribution in [2.75, 3.05) is 7.11 Å². The summed E-state index contributed by atoms with van der Waals surface area (Å²) in [6.07, 6.45) is -1.90. The number of carbonyl (C=O) groups is 2. The normalized spacial score (nSPS) is 13.7. The molecule has 3 N–H and O–H groups in total. The first-order valence-corrected chi connectivity index (χ1v) is 5.08. The SMILES string of the molecule is COC(=O)CC(O)C(O)c1ccc(C(=O)O)nc1. The number of ether oxygens (including phenoxy) is 1. The number of hydrogen-bond donors (Lipinski definition) is 3. The maximum Gasteiger partial charge on any atom is 0.354 e. The second-order valence-electron chi connectivity index (χ2n) is 3.57. The summed E-state index contributed by atoms with van der Waals surface area (Å²) in [5.41, 5.74) is 0.0461. The van der Waals surface area contributed by atoms with Crippen LogP contribution in [0.1, 0.15) is 28.6 Å². The van der Waals surface area contributed by atoms with Gasteiger partial charge < -0.3 is 20.1 Å². The van der Waals surface area contributed by atoms with Crippen molar-refractivity contribution in [1.29, 1.82) is 0 Å². The Morgan fingerprint density at radius 2 is 2.06 bits per heavy atom.